The number of hydrogen-bond donors (Lipinski definition) is 1. The second kappa shape index (κ2) is 5.89. The van der Waals surface area contributed by atoms with Crippen LogP contribution < -0.4 is 5.32 Å². The van der Waals surface area contributed by atoms with E-state index < -0.39 is 0 Å². The Morgan fingerprint density at radius 3 is 2.56 bits per heavy atom. The van der Waals surface area contributed by atoms with Gasteiger partial charge in [0.2, 0.25) is 0 Å². The molecule has 0 spiro atoms. The molecule has 0 radical (unpaired) electrons. The topological polar surface area (TPSA) is 24.5 Å². The molecule has 0 aromatic rings. The monoisotopic (exact) mass is 252 g/mol. The SMILES string of the molecule is CCCN1CCC(NC2CCOC2C2CC2)CC1. The van der Waals surface area contributed by atoms with Gasteiger partial charge in [-0.25, -0.2) is 0 Å². The van der Waals surface area contributed by atoms with Crippen LogP contribution in [0.5, 0.6) is 0 Å². The van der Waals surface area contributed by atoms with Crippen molar-refractivity contribution in [2.75, 3.05) is 26.2 Å². The van der Waals surface area contributed by atoms with E-state index in [1.54, 1.807) is 0 Å². The van der Waals surface area contributed by atoms with Crippen LogP contribution in [0.15, 0.2) is 0 Å². The molecule has 104 valence electrons. The van der Waals surface area contributed by atoms with Crippen molar-refractivity contribution in [2.45, 2.75) is 63.6 Å². The highest BCUT2D eigenvalue weighted by Gasteiger charge is 2.41. The standard InChI is InChI=1S/C15H28N2O/c1-2-8-17-9-5-13(6-10-17)16-14-7-11-18-15(14)12-3-4-12/h12-16H,2-11H2,1H3. The molecule has 3 fully saturated rings. The van der Waals surface area contributed by atoms with E-state index in [0.717, 1.165) is 18.6 Å². The van der Waals surface area contributed by atoms with Crippen LogP contribution in [0.4, 0.5) is 0 Å². The Morgan fingerprint density at radius 1 is 1.11 bits per heavy atom. The van der Waals surface area contributed by atoms with Crippen molar-refractivity contribution in [3.8, 4) is 0 Å². The molecule has 3 heteroatoms. The quantitative estimate of drug-likeness (QED) is 0.810. The Morgan fingerprint density at radius 2 is 1.89 bits per heavy atom. The summed E-state index contributed by atoms with van der Waals surface area (Å²) >= 11 is 0. The van der Waals surface area contributed by atoms with Crippen LogP contribution in [0.2, 0.25) is 0 Å². The van der Waals surface area contributed by atoms with E-state index in [9.17, 15) is 0 Å². The molecule has 3 rings (SSSR count). The van der Waals surface area contributed by atoms with Crippen molar-refractivity contribution in [1.82, 2.24) is 10.2 Å². The van der Waals surface area contributed by atoms with E-state index >= 15 is 0 Å². The number of likely N-dealkylation sites (tertiary alicyclic amines) is 1. The maximum atomic E-state index is 5.92. The zero-order chi connectivity index (χ0) is 12.4. The van der Waals surface area contributed by atoms with Crippen LogP contribution in [0, 0.1) is 5.92 Å². The number of piperidine rings is 1. The summed E-state index contributed by atoms with van der Waals surface area (Å²) in [6, 6.07) is 1.39. The highest BCUT2D eigenvalue weighted by Crippen LogP contribution is 2.39. The molecule has 1 aliphatic carbocycles. The molecule has 2 saturated heterocycles. The Labute approximate surface area is 111 Å². The smallest absolute Gasteiger partial charge is 0.0757 e. The maximum Gasteiger partial charge on any atom is 0.0757 e. The van der Waals surface area contributed by atoms with Crippen molar-refractivity contribution in [2.24, 2.45) is 5.92 Å². The van der Waals surface area contributed by atoms with Gasteiger partial charge in [0.25, 0.3) is 0 Å². The molecular weight excluding hydrogens is 224 g/mol. The summed E-state index contributed by atoms with van der Waals surface area (Å²) in [5.74, 6) is 0.880. The van der Waals surface area contributed by atoms with E-state index in [-0.39, 0.29) is 0 Å². The Balaban J connectivity index is 1.43. The third-order valence-electron chi connectivity index (χ3n) is 4.80. The molecule has 18 heavy (non-hydrogen) atoms. The summed E-state index contributed by atoms with van der Waals surface area (Å²) in [6.45, 7) is 7.11. The van der Waals surface area contributed by atoms with Gasteiger partial charge >= 0.3 is 0 Å². The van der Waals surface area contributed by atoms with E-state index in [4.69, 9.17) is 4.74 Å². The summed E-state index contributed by atoms with van der Waals surface area (Å²) in [5, 5.41) is 3.90. The molecule has 0 amide bonds. The molecular formula is C15H28N2O. The Hall–Kier alpha value is -0.120. The Kier molecular flexibility index (Phi) is 4.22. The van der Waals surface area contributed by atoms with E-state index in [2.05, 4.69) is 17.1 Å². The first kappa shape index (κ1) is 12.9. The molecule has 0 aromatic carbocycles. The van der Waals surface area contributed by atoms with Crippen LogP contribution in [0.1, 0.15) is 45.4 Å². The number of nitrogens with zero attached hydrogens (tertiary/aromatic N) is 1. The predicted molar refractivity (Wildman–Crippen MR) is 73.8 cm³/mol. The van der Waals surface area contributed by atoms with Crippen molar-refractivity contribution < 1.29 is 4.74 Å². The van der Waals surface area contributed by atoms with Crippen LogP contribution in [0.25, 0.3) is 0 Å². The zero-order valence-corrected chi connectivity index (χ0v) is 11.7. The summed E-state index contributed by atoms with van der Waals surface area (Å²) in [7, 11) is 0. The van der Waals surface area contributed by atoms with Gasteiger partial charge in [0.1, 0.15) is 0 Å². The number of ether oxygens (including phenoxy) is 1. The molecule has 0 bridgehead atoms. The normalized spacial score (nSPS) is 35.2. The third-order valence-corrected chi connectivity index (χ3v) is 4.80. The lowest BCUT2D eigenvalue weighted by molar-refractivity contribution is 0.0755. The van der Waals surface area contributed by atoms with Crippen molar-refractivity contribution in [3.63, 3.8) is 0 Å². The summed E-state index contributed by atoms with van der Waals surface area (Å²) in [4.78, 5) is 2.61. The first-order valence-electron chi connectivity index (χ1n) is 7.97. The molecule has 1 N–H and O–H groups in total. The second-order valence-electron chi connectivity index (χ2n) is 6.35. The summed E-state index contributed by atoms with van der Waals surface area (Å²) in [5.41, 5.74) is 0. The number of rotatable bonds is 5. The maximum absolute atomic E-state index is 5.92. The fourth-order valence-electron chi connectivity index (χ4n) is 3.62. The second-order valence-corrected chi connectivity index (χ2v) is 6.35. The van der Waals surface area contributed by atoms with Crippen LogP contribution >= 0.6 is 0 Å². The van der Waals surface area contributed by atoms with Gasteiger partial charge in [0, 0.05) is 18.7 Å². The first-order chi connectivity index (χ1) is 8.86. The van der Waals surface area contributed by atoms with Crippen LogP contribution in [0.3, 0.4) is 0 Å². The largest absolute Gasteiger partial charge is 0.376 e. The highest BCUT2D eigenvalue weighted by atomic mass is 16.5. The first-order valence-corrected chi connectivity index (χ1v) is 7.97. The number of nitrogens with one attached hydrogen (secondary N) is 1. The average Bonchev–Trinajstić information content (AvgIpc) is 3.13. The average molecular weight is 252 g/mol. The lowest BCUT2D eigenvalue weighted by Gasteiger charge is -2.34. The Bertz CT molecular complexity index is 259. The lowest BCUT2D eigenvalue weighted by atomic mass is 10.00. The summed E-state index contributed by atoms with van der Waals surface area (Å²) < 4.78 is 5.92. The molecule has 2 heterocycles. The van der Waals surface area contributed by atoms with Gasteiger partial charge in [-0.3, -0.25) is 0 Å². The van der Waals surface area contributed by atoms with Gasteiger partial charge in [-0.2, -0.15) is 0 Å². The molecule has 0 aromatic heterocycles. The van der Waals surface area contributed by atoms with E-state index in [1.165, 1.54) is 58.2 Å². The fraction of sp³-hybridized carbons (Fsp3) is 1.00. The van der Waals surface area contributed by atoms with Gasteiger partial charge in [-0.15, -0.1) is 0 Å². The molecule has 2 unspecified atom stereocenters. The minimum Gasteiger partial charge on any atom is -0.376 e. The summed E-state index contributed by atoms with van der Waals surface area (Å²) in [6.07, 6.45) is 8.52. The third kappa shape index (κ3) is 3.06. The highest BCUT2D eigenvalue weighted by molar-refractivity contribution is 4.95. The van der Waals surface area contributed by atoms with Gasteiger partial charge in [-0.05, 0) is 64.1 Å². The van der Waals surface area contributed by atoms with Gasteiger partial charge < -0.3 is 15.0 Å². The fourth-order valence-corrected chi connectivity index (χ4v) is 3.62. The van der Waals surface area contributed by atoms with Crippen molar-refractivity contribution >= 4 is 0 Å². The minimum atomic E-state index is 0.540. The minimum absolute atomic E-state index is 0.540. The van der Waals surface area contributed by atoms with Crippen molar-refractivity contribution in [3.05, 3.63) is 0 Å². The predicted octanol–water partition coefficient (Wildman–Crippen LogP) is 2.02. The molecule has 3 aliphatic rings. The molecule has 2 atom stereocenters. The zero-order valence-electron chi connectivity index (χ0n) is 11.7. The molecule has 2 aliphatic heterocycles. The van der Waals surface area contributed by atoms with Gasteiger partial charge in [-0.1, -0.05) is 6.92 Å². The van der Waals surface area contributed by atoms with E-state index in [0.29, 0.717) is 12.1 Å². The molecule has 3 nitrogen and oxygen atoms in total. The number of hydrogen-bond acceptors (Lipinski definition) is 3. The van der Waals surface area contributed by atoms with E-state index in [1.807, 2.05) is 0 Å². The lowest BCUT2D eigenvalue weighted by Crippen LogP contribution is -2.49. The van der Waals surface area contributed by atoms with Gasteiger partial charge in [0.15, 0.2) is 0 Å². The van der Waals surface area contributed by atoms with Crippen LogP contribution in [-0.4, -0.2) is 49.3 Å². The van der Waals surface area contributed by atoms with Crippen LogP contribution in [-0.2, 0) is 4.74 Å². The van der Waals surface area contributed by atoms with Crippen molar-refractivity contribution in [1.29, 1.82) is 0 Å². The van der Waals surface area contributed by atoms with Gasteiger partial charge in [0.05, 0.1) is 6.10 Å². The molecule has 1 saturated carbocycles.